The minimum Gasteiger partial charge on any atom is -0.317 e. The summed E-state index contributed by atoms with van der Waals surface area (Å²) in [7, 11) is 0. The number of Topliss-reactive ketones (excluding diaryl/α,β-unsaturated/α-hetero) is 2. The highest BCUT2D eigenvalue weighted by Crippen LogP contribution is 2.30. The lowest BCUT2D eigenvalue weighted by Gasteiger charge is -2.11. The lowest BCUT2D eigenvalue weighted by atomic mass is 9.98. The molecule has 0 fully saturated rings. The first-order valence-electron chi connectivity index (χ1n) is 17.4. The van der Waals surface area contributed by atoms with Crippen molar-refractivity contribution in [2.24, 2.45) is 5.92 Å². The molecule has 4 aromatic carbocycles. The Hall–Kier alpha value is -6.27. The molecule has 0 radical (unpaired) electrons. The van der Waals surface area contributed by atoms with Crippen LogP contribution in [0, 0.1) is 47.5 Å². The predicted octanol–water partition coefficient (Wildman–Crippen LogP) is 8.73. The number of benzene rings is 4. The van der Waals surface area contributed by atoms with Crippen molar-refractivity contribution in [1.82, 2.24) is 4.90 Å². The van der Waals surface area contributed by atoms with Gasteiger partial charge in [0.25, 0.3) is 11.8 Å². The topological polar surface area (TPSA) is 130 Å². The number of fused-ring (bicyclic) bond motifs is 2. The van der Waals surface area contributed by atoms with Crippen LogP contribution in [0.5, 0.6) is 0 Å². The van der Waals surface area contributed by atoms with Crippen LogP contribution in [0.1, 0.15) is 77.4 Å². The maximum absolute atomic E-state index is 12.5. The van der Waals surface area contributed by atoms with Crippen LogP contribution in [0.4, 0.5) is 37.7 Å². The normalized spacial score (nSPS) is 13.1. The van der Waals surface area contributed by atoms with E-state index < -0.39 is 41.9 Å². The molecule has 2 N–H and O–H groups in total. The van der Waals surface area contributed by atoms with Crippen LogP contribution in [0.3, 0.4) is 0 Å². The zero-order valence-electron chi connectivity index (χ0n) is 31.1. The third-order valence-corrected chi connectivity index (χ3v) is 9.43. The van der Waals surface area contributed by atoms with Gasteiger partial charge >= 0.3 is 24.2 Å². The SMILES string of the molecule is C#CCCC1C(=O)c2ccccc2C1=O.Cc1ccc(NC(=O)C(F)(F)F)c(C#CCCN2C(=O)c3ccccc3C2=O)c1.Cc1ccc(NC(=O)C(F)(F)F)c(I)c1. The maximum Gasteiger partial charge on any atom is 0.471 e. The summed E-state index contributed by atoms with van der Waals surface area (Å²) in [6, 6.07) is 22.6. The average molecular weight is 928 g/mol. The summed E-state index contributed by atoms with van der Waals surface area (Å²) in [4.78, 5) is 71.1. The van der Waals surface area contributed by atoms with E-state index in [0.717, 1.165) is 16.0 Å². The summed E-state index contributed by atoms with van der Waals surface area (Å²) in [6.07, 6.45) is -3.68. The molecule has 1 aliphatic heterocycles. The van der Waals surface area contributed by atoms with Crippen LogP contribution in [-0.4, -0.2) is 59.0 Å². The molecule has 9 nitrogen and oxygen atoms in total. The Kier molecular flexibility index (Phi) is 15.0. The van der Waals surface area contributed by atoms with E-state index in [-0.39, 0.29) is 41.5 Å². The molecule has 6 rings (SSSR count). The van der Waals surface area contributed by atoms with Gasteiger partial charge < -0.3 is 10.6 Å². The summed E-state index contributed by atoms with van der Waals surface area (Å²) in [5, 5.41) is 3.61. The van der Waals surface area contributed by atoms with Crippen LogP contribution < -0.4 is 10.6 Å². The minimum absolute atomic E-state index is 0.0510. The number of amides is 4. The van der Waals surface area contributed by atoms with E-state index in [1.54, 1.807) is 90.4 Å². The Morgan fingerprint density at radius 3 is 1.63 bits per heavy atom. The molecule has 4 aromatic rings. The number of halogens is 7. The number of hydrogen-bond donors (Lipinski definition) is 2. The molecular formula is C43H32F6IN3O6. The molecule has 0 bridgehead atoms. The Morgan fingerprint density at radius 2 is 1.15 bits per heavy atom. The molecule has 304 valence electrons. The molecule has 0 aromatic heterocycles. The number of aryl methyl sites for hydroxylation is 2. The van der Waals surface area contributed by atoms with Crippen molar-refractivity contribution in [3.05, 3.63) is 127 Å². The van der Waals surface area contributed by atoms with Gasteiger partial charge in [-0.3, -0.25) is 33.7 Å². The number of anilines is 2. The van der Waals surface area contributed by atoms with Crippen molar-refractivity contribution < 1.29 is 55.1 Å². The summed E-state index contributed by atoms with van der Waals surface area (Å²) in [5.74, 6) is 2.37. The van der Waals surface area contributed by atoms with Gasteiger partial charge in [0.1, 0.15) is 0 Å². The minimum atomic E-state index is -5.01. The lowest BCUT2D eigenvalue weighted by molar-refractivity contribution is -0.167. The number of imide groups is 1. The first-order valence-corrected chi connectivity index (χ1v) is 18.5. The second-order valence-electron chi connectivity index (χ2n) is 12.9. The number of rotatable bonds is 6. The van der Waals surface area contributed by atoms with Gasteiger partial charge in [-0.15, -0.1) is 12.3 Å². The molecule has 59 heavy (non-hydrogen) atoms. The Morgan fingerprint density at radius 1 is 0.695 bits per heavy atom. The second kappa shape index (κ2) is 19.5. The largest absolute Gasteiger partial charge is 0.471 e. The van der Waals surface area contributed by atoms with Crippen molar-refractivity contribution in [3.63, 3.8) is 0 Å². The van der Waals surface area contributed by atoms with E-state index in [9.17, 15) is 55.1 Å². The van der Waals surface area contributed by atoms with Gasteiger partial charge in [0.05, 0.1) is 28.4 Å². The summed E-state index contributed by atoms with van der Waals surface area (Å²) in [6.45, 7) is 3.60. The van der Waals surface area contributed by atoms with Gasteiger partial charge in [-0.2, -0.15) is 26.3 Å². The molecule has 4 amide bonds. The van der Waals surface area contributed by atoms with E-state index in [1.165, 1.54) is 12.1 Å². The van der Waals surface area contributed by atoms with Gasteiger partial charge in [0, 0.05) is 39.6 Å². The molecule has 0 saturated heterocycles. The number of carbonyl (C=O) groups excluding carboxylic acids is 6. The quantitative estimate of drug-likeness (QED) is 0.0655. The van der Waals surface area contributed by atoms with Gasteiger partial charge in [0.15, 0.2) is 11.6 Å². The molecule has 0 atom stereocenters. The molecule has 16 heteroatoms. The van der Waals surface area contributed by atoms with Gasteiger partial charge in [-0.1, -0.05) is 60.4 Å². The number of terminal acetylenes is 1. The van der Waals surface area contributed by atoms with E-state index in [0.29, 0.717) is 38.7 Å². The molecular weight excluding hydrogens is 895 g/mol. The highest BCUT2D eigenvalue weighted by Gasteiger charge is 2.40. The third kappa shape index (κ3) is 11.7. The van der Waals surface area contributed by atoms with E-state index in [4.69, 9.17) is 6.42 Å². The van der Waals surface area contributed by atoms with Crippen molar-refractivity contribution >= 4 is 69.2 Å². The molecule has 1 aliphatic carbocycles. The van der Waals surface area contributed by atoms with Gasteiger partial charge in [-0.05, 0) is 90.4 Å². The number of carbonyl (C=O) groups is 6. The molecule has 2 aliphatic rings. The number of nitrogens with zero attached hydrogens (tertiary/aromatic N) is 1. The van der Waals surface area contributed by atoms with Gasteiger partial charge in [0.2, 0.25) is 0 Å². The zero-order valence-corrected chi connectivity index (χ0v) is 33.3. The fourth-order valence-electron chi connectivity index (χ4n) is 5.64. The summed E-state index contributed by atoms with van der Waals surface area (Å²) in [5.41, 5.74) is 3.75. The molecule has 0 unspecified atom stereocenters. The van der Waals surface area contributed by atoms with Crippen molar-refractivity contribution in [2.45, 2.75) is 45.5 Å². The van der Waals surface area contributed by atoms with Crippen LogP contribution in [0.25, 0.3) is 0 Å². The van der Waals surface area contributed by atoms with Crippen LogP contribution in [0.15, 0.2) is 84.9 Å². The molecule has 0 saturated carbocycles. The fraction of sp³-hybridized carbons (Fsp3) is 0.209. The van der Waals surface area contributed by atoms with Crippen LogP contribution in [-0.2, 0) is 9.59 Å². The Labute approximate surface area is 348 Å². The highest BCUT2D eigenvalue weighted by molar-refractivity contribution is 14.1. The lowest BCUT2D eigenvalue weighted by Crippen LogP contribution is -2.30. The van der Waals surface area contributed by atoms with E-state index in [2.05, 4.69) is 17.8 Å². The number of ketones is 2. The summed E-state index contributed by atoms with van der Waals surface area (Å²) >= 11 is 1.87. The predicted molar refractivity (Wildman–Crippen MR) is 214 cm³/mol. The number of nitrogens with one attached hydrogen (secondary N) is 2. The van der Waals surface area contributed by atoms with Crippen molar-refractivity contribution in [3.8, 4) is 24.2 Å². The smallest absolute Gasteiger partial charge is 0.317 e. The average Bonchev–Trinajstić information content (AvgIpc) is 3.57. The third-order valence-electron chi connectivity index (χ3n) is 8.54. The first kappa shape index (κ1) is 45.4. The van der Waals surface area contributed by atoms with Crippen molar-refractivity contribution in [2.75, 3.05) is 17.2 Å². The first-order chi connectivity index (χ1) is 27.7. The molecule has 1 heterocycles. The van der Waals surface area contributed by atoms with E-state index >= 15 is 0 Å². The monoisotopic (exact) mass is 927 g/mol. The van der Waals surface area contributed by atoms with Gasteiger partial charge in [-0.25, -0.2) is 0 Å². The Balaban J connectivity index is 0.000000215. The number of hydrogen-bond acceptors (Lipinski definition) is 6. The second-order valence-corrected chi connectivity index (χ2v) is 14.0. The van der Waals surface area contributed by atoms with E-state index in [1.807, 2.05) is 29.5 Å². The number of alkyl halides is 6. The van der Waals surface area contributed by atoms with Crippen LogP contribution >= 0.6 is 22.6 Å². The standard InChI is InChI=1S/C21H15F3N2O3.C13H10O2.C9H7F3INO/c1-13-9-10-17(25-20(29)21(22,23)24)14(12-13)6-4-5-11-26-18(27)15-7-2-3-8-16(15)19(26)28;1-2-3-6-11-12(14)9-7-4-5-8-10(9)13(11)15;1-5-2-3-7(6(13)4-5)14-8(15)9(10,11)12/h2-3,7-10,12H,5,11H2,1H3,(H,25,29);1,4-5,7-8,11H,3,6H2;2-4H,1H3,(H,14,15). The summed E-state index contributed by atoms with van der Waals surface area (Å²) < 4.78 is 73.8. The maximum atomic E-state index is 12.5. The van der Waals surface area contributed by atoms with Crippen molar-refractivity contribution in [1.29, 1.82) is 0 Å². The molecule has 0 spiro atoms. The fourth-order valence-corrected chi connectivity index (χ4v) is 6.45. The Bertz CT molecular complexity index is 2360. The zero-order chi connectivity index (χ0) is 43.7. The highest BCUT2D eigenvalue weighted by atomic mass is 127. The van der Waals surface area contributed by atoms with Crippen LogP contribution in [0.2, 0.25) is 0 Å².